The highest BCUT2D eigenvalue weighted by molar-refractivity contribution is 6.09. The molecule has 202 valence electrons. The lowest BCUT2D eigenvalue weighted by molar-refractivity contribution is -0.118. The zero-order valence-corrected chi connectivity index (χ0v) is 22.6. The molecule has 0 aromatic heterocycles. The number of ether oxygens (including phenoxy) is 5. The smallest absolute Gasteiger partial charge is 0.262 e. The molecule has 0 radical (unpaired) electrons. The molecule has 0 saturated heterocycles. The minimum atomic E-state index is -0.556. The highest BCUT2D eigenvalue weighted by Crippen LogP contribution is 2.40. The quantitative estimate of drug-likeness (QED) is 0.262. The zero-order valence-electron chi connectivity index (χ0n) is 22.6. The Morgan fingerprint density at radius 3 is 2.31 bits per heavy atom. The first-order valence-electron chi connectivity index (χ1n) is 12.3. The number of amides is 1. The van der Waals surface area contributed by atoms with Gasteiger partial charge < -0.3 is 29.0 Å². The molecule has 0 unspecified atom stereocenters. The van der Waals surface area contributed by atoms with Gasteiger partial charge in [-0.05, 0) is 86.2 Å². The number of ketones is 1. The molecule has 0 fully saturated rings. The lowest BCUT2D eigenvalue weighted by Gasteiger charge is -2.29. The van der Waals surface area contributed by atoms with E-state index in [9.17, 15) is 9.59 Å². The summed E-state index contributed by atoms with van der Waals surface area (Å²) in [5, 5.41) is 2.77. The molecule has 1 heterocycles. The second kappa shape index (κ2) is 11.8. The first-order chi connectivity index (χ1) is 18.7. The largest absolute Gasteiger partial charge is 0.497 e. The van der Waals surface area contributed by atoms with Crippen molar-refractivity contribution in [3.63, 3.8) is 0 Å². The van der Waals surface area contributed by atoms with Crippen molar-refractivity contribution in [2.24, 2.45) is 0 Å². The van der Waals surface area contributed by atoms with Crippen molar-refractivity contribution >= 4 is 29.5 Å². The summed E-state index contributed by atoms with van der Waals surface area (Å²) in [7, 11) is 4.67. The number of anilines is 1. The van der Waals surface area contributed by atoms with E-state index < -0.39 is 5.60 Å². The summed E-state index contributed by atoms with van der Waals surface area (Å²) in [5.41, 5.74) is 1.91. The molecule has 1 aliphatic rings. The van der Waals surface area contributed by atoms with E-state index in [-0.39, 0.29) is 18.3 Å². The maximum absolute atomic E-state index is 13.2. The van der Waals surface area contributed by atoms with E-state index in [0.29, 0.717) is 45.6 Å². The van der Waals surface area contributed by atoms with Gasteiger partial charge in [0.15, 0.2) is 23.9 Å². The highest BCUT2D eigenvalue weighted by atomic mass is 16.5. The Kier molecular flexibility index (Phi) is 8.24. The number of benzene rings is 3. The molecule has 8 nitrogen and oxygen atoms in total. The van der Waals surface area contributed by atoms with Gasteiger partial charge >= 0.3 is 0 Å². The van der Waals surface area contributed by atoms with Crippen LogP contribution in [-0.2, 0) is 4.79 Å². The van der Waals surface area contributed by atoms with Crippen LogP contribution in [0, 0.1) is 0 Å². The topological polar surface area (TPSA) is 92.3 Å². The Labute approximate surface area is 227 Å². The summed E-state index contributed by atoms with van der Waals surface area (Å²) in [6, 6.07) is 15.6. The van der Waals surface area contributed by atoms with E-state index >= 15 is 0 Å². The molecule has 0 spiro atoms. The molecule has 3 aromatic rings. The summed E-state index contributed by atoms with van der Waals surface area (Å²) in [5.74, 6) is 2.08. The maximum atomic E-state index is 13.2. The molecule has 0 atom stereocenters. The fourth-order valence-corrected chi connectivity index (χ4v) is 3.99. The van der Waals surface area contributed by atoms with Crippen molar-refractivity contribution in [2.75, 3.05) is 33.3 Å². The summed E-state index contributed by atoms with van der Waals surface area (Å²) in [6.07, 6.45) is 6.99. The number of allylic oxidation sites excluding steroid dienone is 1. The summed E-state index contributed by atoms with van der Waals surface area (Å²) < 4.78 is 27.8. The van der Waals surface area contributed by atoms with E-state index in [1.165, 1.54) is 13.2 Å². The van der Waals surface area contributed by atoms with Crippen LogP contribution in [-0.4, -0.2) is 45.2 Å². The van der Waals surface area contributed by atoms with Gasteiger partial charge in [0.05, 0.1) is 32.5 Å². The molecule has 8 heteroatoms. The highest BCUT2D eigenvalue weighted by Gasteiger charge is 2.27. The molecule has 39 heavy (non-hydrogen) atoms. The SMILES string of the molecule is COc1ccc(NC(=O)COc2cc(/C=C/C(=O)c3ccc(OC)c4c3OC(C)(C)C=C4)ccc2OC)cc1. The summed E-state index contributed by atoms with van der Waals surface area (Å²) in [6.45, 7) is 3.62. The number of hydrogen-bond acceptors (Lipinski definition) is 7. The molecule has 1 N–H and O–H groups in total. The zero-order chi connectivity index (χ0) is 28.0. The number of rotatable bonds is 10. The van der Waals surface area contributed by atoms with Crippen LogP contribution in [0.3, 0.4) is 0 Å². The van der Waals surface area contributed by atoms with Crippen LogP contribution in [0.5, 0.6) is 28.7 Å². The minimum absolute atomic E-state index is 0.225. The van der Waals surface area contributed by atoms with Crippen LogP contribution < -0.4 is 29.0 Å². The maximum Gasteiger partial charge on any atom is 0.262 e. The van der Waals surface area contributed by atoms with E-state index in [1.54, 1.807) is 74.9 Å². The van der Waals surface area contributed by atoms with Crippen molar-refractivity contribution in [1.29, 1.82) is 0 Å². The Bertz CT molecular complexity index is 1420. The number of carbonyl (C=O) groups is 2. The van der Waals surface area contributed by atoms with Gasteiger partial charge in [0.1, 0.15) is 22.8 Å². The molecule has 0 saturated carbocycles. The summed E-state index contributed by atoms with van der Waals surface area (Å²) >= 11 is 0. The Hall–Kier alpha value is -4.72. The predicted octanol–water partition coefficient (Wildman–Crippen LogP) is 5.81. The molecule has 1 amide bonds. The Balaban J connectivity index is 1.48. The van der Waals surface area contributed by atoms with Gasteiger partial charge in [0.2, 0.25) is 0 Å². The number of nitrogens with one attached hydrogen (secondary N) is 1. The van der Waals surface area contributed by atoms with Crippen LogP contribution in [0.1, 0.15) is 35.3 Å². The molecular formula is C31H31NO7. The van der Waals surface area contributed by atoms with Gasteiger partial charge in [-0.1, -0.05) is 12.1 Å². The summed E-state index contributed by atoms with van der Waals surface area (Å²) in [4.78, 5) is 25.6. The minimum Gasteiger partial charge on any atom is -0.497 e. The van der Waals surface area contributed by atoms with E-state index in [1.807, 2.05) is 26.0 Å². The molecule has 1 aliphatic heterocycles. The van der Waals surface area contributed by atoms with Crippen LogP contribution >= 0.6 is 0 Å². The second-order valence-corrected chi connectivity index (χ2v) is 9.27. The van der Waals surface area contributed by atoms with Crippen LogP contribution in [0.4, 0.5) is 5.69 Å². The second-order valence-electron chi connectivity index (χ2n) is 9.27. The average molecular weight is 530 g/mol. The monoisotopic (exact) mass is 529 g/mol. The Morgan fingerprint density at radius 2 is 1.62 bits per heavy atom. The van der Waals surface area contributed by atoms with Gasteiger partial charge in [-0.25, -0.2) is 0 Å². The van der Waals surface area contributed by atoms with Crippen molar-refractivity contribution in [1.82, 2.24) is 0 Å². The van der Waals surface area contributed by atoms with Crippen molar-refractivity contribution < 1.29 is 33.3 Å². The molecule has 3 aromatic carbocycles. The van der Waals surface area contributed by atoms with E-state index in [2.05, 4.69) is 5.32 Å². The van der Waals surface area contributed by atoms with Crippen LogP contribution in [0.15, 0.2) is 66.7 Å². The van der Waals surface area contributed by atoms with E-state index in [4.69, 9.17) is 23.7 Å². The fourth-order valence-electron chi connectivity index (χ4n) is 3.99. The Morgan fingerprint density at radius 1 is 0.897 bits per heavy atom. The van der Waals surface area contributed by atoms with Gasteiger partial charge in [0, 0.05) is 5.69 Å². The van der Waals surface area contributed by atoms with Gasteiger partial charge in [-0.2, -0.15) is 0 Å². The number of methoxy groups -OCH3 is 3. The first kappa shape index (κ1) is 27.3. The number of fused-ring (bicyclic) bond motifs is 1. The van der Waals surface area contributed by atoms with Crippen molar-refractivity contribution in [2.45, 2.75) is 19.4 Å². The third-order valence-corrected chi connectivity index (χ3v) is 6.01. The molecule has 0 aliphatic carbocycles. The van der Waals surface area contributed by atoms with Gasteiger partial charge in [0.25, 0.3) is 5.91 Å². The van der Waals surface area contributed by atoms with Crippen molar-refractivity contribution in [3.8, 4) is 28.7 Å². The number of hydrogen-bond donors (Lipinski definition) is 1. The van der Waals surface area contributed by atoms with Crippen LogP contribution in [0.25, 0.3) is 12.2 Å². The number of carbonyl (C=O) groups excluding carboxylic acids is 2. The molecular weight excluding hydrogens is 498 g/mol. The molecule has 0 bridgehead atoms. The third-order valence-electron chi connectivity index (χ3n) is 6.01. The first-order valence-corrected chi connectivity index (χ1v) is 12.3. The lowest BCUT2D eigenvalue weighted by Crippen LogP contribution is -2.28. The standard InChI is InChI=1S/C31H31NO7/c1-31(2)17-16-24-26(36-4)15-12-23(30(24)39-31)25(33)13-6-20-7-14-27(37-5)28(18-20)38-19-29(34)32-21-8-10-22(35-3)11-9-21/h6-18H,19H2,1-5H3,(H,32,34)/b13-6+. The predicted molar refractivity (Wildman–Crippen MR) is 150 cm³/mol. The van der Waals surface area contributed by atoms with Gasteiger partial charge in [-0.15, -0.1) is 0 Å². The average Bonchev–Trinajstić information content (AvgIpc) is 2.94. The van der Waals surface area contributed by atoms with Crippen molar-refractivity contribution in [3.05, 3.63) is 83.4 Å². The third kappa shape index (κ3) is 6.59. The molecule has 4 rings (SSSR count). The van der Waals surface area contributed by atoms with Gasteiger partial charge in [-0.3, -0.25) is 9.59 Å². The van der Waals surface area contributed by atoms with Crippen LogP contribution in [0.2, 0.25) is 0 Å². The normalized spacial score (nSPS) is 13.3. The fraction of sp³-hybridized carbons (Fsp3) is 0.226. The lowest BCUT2D eigenvalue weighted by atomic mass is 9.97. The van der Waals surface area contributed by atoms with E-state index in [0.717, 1.165) is 5.56 Å².